The van der Waals surface area contributed by atoms with E-state index in [9.17, 15) is 0 Å². The van der Waals surface area contributed by atoms with Crippen molar-refractivity contribution >= 4 is 0 Å². The molecular formula is C11H14N3O+. The lowest BCUT2D eigenvalue weighted by Gasteiger charge is -1.97. The number of rotatable bonds is 1. The predicted octanol–water partition coefficient (Wildman–Crippen LogP) is 0.385. The van der Waals surface area contributed by atoms with Crippen LogP contribution in [0.2, 0.25) is 0 Å². The average molecular weight is 204 g/mol. The van der Waals surface area contributed by atoms with E-state index in [2.05, 4.69) is 24.1 Å². The molecule has 0 radical (unpaired) electrons. The van der Waals surface area contributed by atoms with Gasteiger partial charge in [-0.3, -0.25) is 0 Å². The molecule has 0 saturated carbocycles. The number of nitrogens with zero attached hydrogens (tertiary/aromatic N) is 3. The minimum absolute atomic E-state index is 0.503. The molecule has 0 amide bonds. The molecule has 0 aromatic heterocycles. The van der Waals surface area contributed by atoms with E-state index >= 15 is 0 Å². The van der Waals surface area contributed by atoms with E-state index in [0.29, 0.717) is 16.8 Å². The number of benzene rings is 1. The molecule has 1 spiro atoms. The molecule has 1 aromatic carbocycles. The fourth-order valence-corrected chi connectivity index (χ4v) is 2.17. The van der Waals surface area contributed by atoms with Crippen LogP contribution in [-0.4, -0.2) is 23.9 Å². The number of quaternary nitrogens is 1. The molecule has 4 nitrogen and oxygen atoms in total. The van der Waals surface area contributed by atoms with E-state index < -0.39 is 0 Å². The van der Waals surface area contributed by atoms with Gasteiger partial charge in [0.05, 0.1) is 7.11 Å². The Labute approximate surface area is 88.1 Å². The second-order valence-electron chi connectivity index (χ2n) is 4.24. The van der Waals surface area contributed by atoms with Crippen LogP contribution in [0.15, 0.2) is 28.4 Å². The van der Waals surface area contributed by atoms with Crippen molar-refractivity contribution in [1.82, 2.24) is 0 Å². The van der Waals surface area contributed by atoms with Crippen LogP contribution in [0.25, 0.3) is 0 Å². The van der Waals surface area contributed by atoms with Crippen molar-refractivity contribution < 1.29 is 9.44 Å². The van der Waals surface area contributed by atoms with E-state index in [1.807, 2.05) is 18.2 Å². The monoisotopic (exact) mass is 204 g/mol. The first-order valence-corrected chi connectivity index (χ1v) is 5.20. The van der Waals surface area contributed by atoms with Gasteiger partial charge in [0.25, 0.3) is 0 Å². The summed E-state index contributed by atoms with van der Waals surface area (Å²) in [7, 11) is 1.67. The van der Waals surface area contributed by atoms with Crippen molar-refractivity contribution in [2.24, 2.45) is 10.2 Å². The number of methoxy groups -OCH3 is 1. The molecule has 0 aliphatic carbocycles. The van der Waals surface area contributed by atoms with Gasteiger partial charge < -0.3 is 4.74 Å². The fraction of sp³-hybridized carbons (Fsp3) is 0.455. The first kappa shape index (κ1) is 8.85. The van der Waals surface area contributed by atoms with Crippen LogP contribution in [0.4, 0.5) is 0 Å². The van der Waals surface area contributed by atoms with Gasteiger partial charge in [0, 0.05) is 6.07 Å². The lowest BCUT2D eigenvalue weighted by atomic mass is 10.3. The van der Waals surface area contributed by atoms with Gasteiger partial charge in [-0.15, -0.1) is 0 Å². The standard InChI is InChI=1S/C11H14N3O/c1-7-8(2)14(7)12-10-5-4-9(15-3)6-11(10)13-14/h4-8H,1-3H3/q+1. The quantitative estimate of drug-likeness (QED) is 0.481. The van der Waals surface area contributed by atoms with Crippen LogP contribution in [-0.2, 0) is 0 Å². The Kier molecular flexibility index (Phi) is 1.52. The molecule has 15 heavy (non-hydrogen) atoms. The Morgan fingerprint density at radius 3 is 2.40 bits per heavy atom. The van der Waals surface area contributed by atoms with Crippen LogP contribution >= 0.6 is 0 Å². The SMILES string of the molecule is COc1ccc2c(c1)=N[N+]1(N=2)C(C)C1C. The summed E-state index contributed by atoms with van der Waals surface area (Å²) in [6, 6.07) is 6.86. The van der Waals surface area contributed by atoms with Crippen molar-refractivity contribution in [3.8, 4) is 5.75 Å². The molecule has 2 atom stereocenters. The lowest BCUT2D eigenvalue weighted by molar-refractivity contribution is -0.840. The highest BCUT2D eigenvalue weighted by atomic mass is 16.5. The third-order valence-corrected chi connectivity index (χ3v) is 3.53. The van der Waals surface area contributed by atoms with Crippen molar-refractivity contribution in [3.05, 3.63) is 28.9 Å². The smallest absolute Gasteiger partial charge is 0.193 e. The van der Waals surface area contributed by atoms with Crippen molar-refractivity contribution in [2.45, 2.75) is 25.9 Å². The third kappa shape index (κ3) is 0.997. The van der Waals surface area contributed by atoms with Gasteiger partial charge in [0.2, 0.25) is 0 Å². The molecule has 1 fully saturated rings. The molecule has 2 aliphatic rings. The summed E-state index contributed by atoms with van der Waals surface area (Å²) in [5, 5.41) is 11.2. The van der Waals surface area contributed by atoms with Gasteiger partial charge in [-0.1, -0.05) is 14.9 Å². The van der Waals surface area contributed by atoms with E-state index in [1.54, 1.807) is 7.11 Å². The highest BCUT2D eigenvalue weighted by Gasteiger charge is 2.65. The lowest BCUT2D eigenvalue weighted by Crippen LogP contribution is -2.20. The molecule has 1 saturated heterocycles. The third-order valence-electron chi connectivity index (χ3n) is 3.53. The van der Waals surface area contributed by atoms with Gasteiger partial charge >= 0.3 is 0 Å². The van der Waals surface area contributed by atoms with Crippen molar-refractivity contribution in [1.29, 1.82) is 0 Å². The normalized spacial score (nSPS) is 35.7. The Balaban J connectivity index is 2.17. The molecule has 0 N–H and O–H groups in total. The summed E-state index contributed by atoms with van der Waals surface area (Å²) in [4.78, 5) is 0. The summed E-state index contributed by atoms with van der Waals surface area (Å²) in [6.45, 7) is 4.36. The zero-order valence-corrected chi connectivity index (χ0v) is 9.14. The number of fused-ring (bicyclic) bond motifs is 1. The molecule has 1 aromatic rings. The molecule has 0 bridgehead atoms. The summed E-state index contributed by atoms with van der Waals surface area (Å²) in [6.07, 6.45) is 0. The summed E-state index contributed by atoms with van der Waals surface area (Å²) in [5.74, 6) is 0.843. The molecule has 2 unspecified atom stereocenters. The van der Waals surface area contributed by atoms with Crippen LogP contribution in [0, 0.1) is 0 Å². The van der Waals surface area contributed by atoms with Gasteiger partial charge in [-0.05, 0) is 26.0 Å². The number of hydrogen-bond acceptors (Lipinski definition) is 3. The van der Waals surface area contributed by atoms with Gasteiger partial charge in [0.1, 0.15) is 5.75 Å². The van der Waals surface area contributed by atoms with E-state index in [4.69, 9.17) is 4.74 Å². The largest absolute Gasteiger partial charge is 0.497 e. The zero-order chi connectivity index (χ0) is 10.6. The Morgan fingerprint density at radius 2 is 1.80 bits per heavy atom. The van der Waals surface area contributed by atoms with E-state index in [0.717, 1.165) is 16.5 Å². The summed E-state index contributed by atoms with van der Waals surface area (Å²) in [5.41, 5.74) is 0. The minimum Gasteiger partial charge on any atom is -0.497 e. The van der Waals surface area contributed by atoms with Crippen molar-refractivity contribution in [2.75, 3.05) is 7.11 Å². The number of hydrogen-bond donors (Lipinski definition) is 0. The molecule has 4 heteroatoms. The average Bonchev–Trinajstić information content (AvgIpc) is 2.69. The first-order chi connectivity index (χ1) is 7.17. The predicted molar refractivity (Wildman–Crippen MR) is 54.5 cm³/mol. The molecule has 2 aliphatic heterocycles. The minimum atomic E-state index is 0.503. The molecule has 3 rings (SSSR count). The molecule has 78 valence electrons. The number of ether oxygens (including phenoxy) is 1. The Hall–Kier alpha value is -1.42. The van der Waals surface area contributed by atoms with Crippen LogP contribution < -0.4 is 15.5 Å². The van der Waals surface area contributed by atoms with Gasteiger partial charge in [0.15, 0.2) is 22.8 Å². The maximum atomic E-state index is 5.17. The molecular weight excluding hydrogens is 190 g/mol. The zero-order valence-electron chi connectivity index (χ0n) is 9.14. The van der Waals surface area contributed by atoms with Crippen LogP contribution in [0.5, 0.6) is 5.75 Å². The van der Waals surface area contributed by atoms with Gasteiger partial charge in [-0.2, -0.15) is 0 Å². The first-order valence-electron chi connectivity index (χ1n) is 5.20. The molecule has 2 heterocycles. The van der Waals surface area contributed by atoms with E-state index in [1.165, 1.54) is 0 Å². The van der Waals surface area contributed by atoms with Gasteiger partial charge in [-0.25, -0.2) is 0 Å². The maximum Gasteiger partial charge on any atom is 0.193 e. The highest BCUT2D eigenvalue weighted by molar-refractivity contribution is 5.20. The Morgan fingerprint density at radius 1 is 1.13 bits per heavy atom. The second-order valence-corrected chi connectivity index (χ2v) is 4.24. The Bertz CT molecular complexity index is 529. The topological polar surface area (TPSA) is 34.0 Å². The van der Waals surface area contributed by atoms with E-state index in [-0.39, 0.29) is 0 Å². The summed E-state index contributed by atoms with van der Waals surface area (Å²) < 4.78 is 5.70. The fourth-order valence-electron chi connectivity index (χ4n) is 2.17. The van der Waals surface area contributed by atoms with Crippen LogP contribution in [0.3, 0.4) is 0 Å². The second kappa shape index (κ2) is 2.58. The van der Waals surface area contributed by atoms with Crippen molar-refractivity contribution in [3.63, 3.8) is 0 Å². The highest BCUT2D eigenvalue weighted by Crippen LogP contribution is 2.40. The summed E-state index contributed by atoms with van der Waals surface area (Å²) >= 11 is 0. The van der Waals surface area contributed by atoms with Crippen LogP contribution in [0.1, 0.15) is 13.8 Å². The maximum absolute atomic E-state index is 5.17.